The molecule has 1 amide bonds. The molecule has 6 heteroatoms. The van der Waals surface area contributed by atoms with E-state index >= 15 is 0 Å². The molecule has 1 atom stereocenters. The molecular weight excluding hydrogens is 218 g/mol. The van der Waals surface area contributed by atoms with Gasteiger partial charge >= 0.3 is 0 Å². The number of carbonyl (C=O) groups excluding carboxylic acids is 1. The minimum absolute atomic E-state index is 0.111. The van der Waals surface area contributed by atoms with Crippen LogP contribution in [0.3, 0.4) is 0 Å². The second-order valence-electron chi connectivity index (χ2n) is 4.23. The van der Waals surface area contributed by atoms with Gasteiger partial charge in [0, 0.05) is 19.2 Å². The minimum atomic E-state index is -0.289. The highest BCUT2D eigenvalue weighted by Gasteiger charge is 2.23. The summed E-state index contributed by atoms with van der Waals surface area (Å²) in [6.07, 6.45) is 3.57. The fourth-order valence-electron chi connectivity index (χ4n) is 1.95. The van der Waals surface area contributed by atoms with Crippen molar-refractivity contribution in [1.29, 1.82) is 0 Å². The zero-order valence-corrected chi connectivity index (χ0v) is 9.89. The average Bonchev–Trinajstić information content (AvgIpc) is 2.81. The maximum Gasteiger partial charge on any atom is 0.244 e. The zero-order valence-electron chi connectivity index (χ0n) is 9.89. The molecule has 0 saturated carbocycles. The van der Waals surface area contributed by atoms with Gasteiger partial charge in [-0.05, 0) is 19.8 Å². The molecule has 1 aliphatic heterocycles. The molecule has 0 radical (unpaired) electrons. The Labute approximate surface area is 100 Å². The quantitative estimate of drug-likeness (QED) is 0.796. The molecule has 2 rings (SSSR count). The summed E-state index contributed by atoms with van der Waals surface area (Å²) < 4.78 is 0. The predicted molar refractivity (Wildman–Crippen MR) is 65.3 cm³/mol. The first kappa shape index (κ1) is 11.6. The first-order chi connectivity index (χ1) is 8.16. The molecule has 6 nitrogen and oxygen atoms in total. The van der Waals surface area contributed by atoms with E-state index in [2.05, 4.69) is 15.3 Å². The molecule has 1 aromatic heterocycles. The minimum Gasteiger partial charge on any atom is -0.384 e. The highest BCUT2D eigenvalue weighted by molar-refractivity contribution is 5.84. The predicted octanol–water partition coefficient (Wildman–Crippen LogP) is 0.482. The Balaban J connectivity index is 1.96. The van der Waals surface area contributed by atoms with Gasteiger partial charge in [-0.15, -0.1) is 0 Å². The first-order valence-electron chi connectivity index (χ1n) is 5.79. The standard InChI is InChI=1S/C11H17N5O/c1-8(11(17)16-4-2-3-5-16)15-10-6-9(12)13-7-14-10/h6-8H,2-5H2,1H3,(H3,12,13,14,15). The number of amides is 1. The highest BCUT2D eigenvalue weighted by atomic mass is 16.2. The van der Waals surface area contributed by atoms with E-state index < -0.39 is 0 Å². The van der Waals surface area contributed by atoms with Gasteiger partial charge in [0.05, 0.1) is 0 Å². The number of aromatic nitrogens is 2. The second kappa shape index (κ2) is 4.99. The SMILES string of the molecule is CC(Nc1cc(N)ncn1)C(=O)N1CCCC1. The molecule has 1 aliphatic rings. The van der Waals surface area contributed by atoms with Crippen LogP contribution in [0, 0.1) is 0 Å². The molecule has 92 valence electrons. The van der Waals surface area contributed by atoms with Crippen molar-refractivity contribution in [2.75, 3.05) is 24.1 Å². The van der Waals surface area contributed by atoms with E-state index in [-0.39, 0.29) is 11.9 Å². The number of nitrogen functional groups attached to an aromatic ring is 1. The Hall–Kier alpha value is -1.85. The molecule has 1 saturated heterocycles. The van der Waals surface area contributed by atoms with E-state index in [1.807, 2.05) is 11.8 Å². The van der Waals surface area contributed by atoms with Crippen LogP contribution in [0.5, 0.6) is 0 Å². The van der Waals surface area contributed by atoms with Gasteiger partial charge in [0.25, 0.3) is 0 Å². The molecule has 3 N–H and O–H groups in total. The Bertz CT molecular complexity index is 403. The van der Waals surface area contributed by atoms with Gasteiger partial charge in [-0.25, -0.2) is 9.97 Å². The number of hydrogen-bond donors (Lipinski definition) is 2. The third kappa shape index (κ3) is 2.83. The lowest BCUT2D eigenvalue weighted by Crippen LogP contribution is -2.39. The van der Waals surface area contributed by atoms with Crippen LogP contribution in [0.2, 0.25) is 0 Å². The second-order valence-corrected chi connectivity index (χ2v) is 4.23. The first-order valence-corrected chi connectivity index (χ1v) is 5.79. The lowest BCUT2D eigenvalue weighted by Gasteiger charge is -2.21. The van der Waals surface area contributed by atoms with Crippen LogP contribution in [0.15, 0.2) is 12.4 Å². The van der Waals surface area contributed by atoms with Gasteiger partial charge in [-0.3, -0.25) is 4.79 Å². The molecule has 0 spiro atoms. The maximum absolute atomic E-state index is 12.0. The monoisotopic (exact) mass is 235 g/mol. The molecule has 0 aromatic carbocycles. The number of nitrogens with one attached hydrogen (secondary N) is 1. The lowest BCUT2D eigenvalue weighted by molar-refractivity contribution is -0.130. The molecule has 1 aromatic rings. The summed E-state index contributed by atoms with van der Waals surface area (Å²) in [6, 6.07) is 1.33. The fraction of sp³-hybridized carbons (Fsp3) is 0.545. The fourth-order valence-corrected chi connectivity index (χ4v) is 1.95. The van der Waals surface area contributed by atoms with Gasteiger partial charge in [0.1, 0.15) is 24.0 Å². The van der Waals surface area contributed by atoms with E-state index in [0.29, 0.717) is 11.6 Å². The van der Waals surface area contributed by atoms with Gasteiger partial charge < -0.3 is 16.0 Å². The summed E-state index contributed by atoms with van der Waals surface area (Å²) in [5.41, 5.74) is 5.55. The Kier molecular flexibility index (Phi) is 3.41. The summed E-state index contributed by atoms with van der Waals surface area (Å²) in [7, 11) is 0. The van der Waals surface area contributed by atoms with E-state index in [4.69, 9.17) is 5.73 Å². The van der Waals surface area contributed by atoms with Crippen molar-refractivity contribution in [3.63, 3.8) is 0 Å². The van der Waals surface area contributed by atoms with E-state index in [9.17, 15) is 4.79 Å². The smallest absolute Gasteiger partial charge is 0.244 e. The Morgan fingerprint density at radius 1 is 1.47 bits per heavy atom. The number of nitrogens with two attached hydrogens (primary N) is 1. The van der Waals surface area contributed by atoms with Crippen molar-refractivity contribution in [2.45, 2.75) is 25.8 Å². The summed E-state index contributed by atoms with van der Waals surface area (Å²) in [5.74, 6) is 1.08. The molecule has 1 unspecified atom stereocenters. The van der Waals surface area contributed by atoms with Crippen LogP contribution < -0.4 is 11.1 Å². The number of hydrogen-bond acceptors (Lipinski definition) is 5. The Morgan fingerprint density at radius 3 is 2.82 bits per heavy atom. The zero-order chi connectivity index (χ0) is 12.3. The molecule has 17 heavy (non-hydrogen) atoms. The van der Waals surface area contributed by atoms with Crippen molar-refractivity contribution in [2.24, 2.45) is 0 Å². The summed E-state index contributed by atoms with van der Waals surface area (Å²) in [4.78, 5) is 21.7. The molecule has 0 aliphatic carbocycles. The van der Waals surface area contributed by atoms with E-state index in [1.165, 1.54) is 6.33 Å². The van der Waals surface area contributed by atoms with Crippen LogP contribution in [0.4, 0.5) is 11.6 Å². The normalized spacial score (nSPS) is 16.9. The third-order valence-electron chi connectivity index (χ3n) is 2.84. The number of likely N-dealkylation sites (tertiary alicyclic amines) is 1. The summed E-state index contributed by atoms with van der Waals surface area (Å²) in [5, 5.41) is 3.04. The number of carbonyl (C=O) groups is 1. The average molecular weight is 235 g/mol. The van der Waals surface area contributed by atoms with Crippen molar-refractivity contribution >= 4 is 17.5 Å². The van der Waals surface area contributed by atoms with Crippen molar-refractivity contribution < 1.29 is 4.79 Å². The third-order valence-corrected chi connectivity index (χ3v) is 2.84. The number of rotatable bonds is 3. The van der Waals surface area contributed by atoms with Crippen LogP contribution in [-0.4, -0.2) is 39.9 Å². The molecular formula is C11H17N5O. The van der Waals surface area contributed by atoms with Crippen molar-refractivity contribution in [3.05, 3.63) is 12.4 Å². The highest BCUT2D eigenvalue weighted by Crippen LogP contribution is 2.12. The summed E-state index contributed by atoms with van der Waals surface area (Å²) >= 11 is 0. The lowest BCUT2D eigenvalue weighted by atomic mass is 10.3. The Morgan fingerprint density at radius 2 is 2.18 bits per heavy atom. The van der Waals surface area contributed by atoms with Gasteiger partial charge in [-0.1, -0.05) is 0 Å². The van der Waals surface area contributed by atoms with Gasteiger partial charge in [0.2, 0.25) is 5.91 Å². The van der Waals surface area contributed by atoms with Crippen molar-refractivity contribution in [1.82, 2.24) is 14.9 Å². The van der Waals surface area contributed by atoms with Gasteiger partial charge in [-0.2, -0.15) is 0 Å². The van der Waals surface area contributed by atoms with Crippen molar-refractivity contribution in [3.8, 4) is 0 Å². The maximum atomic E-state index is 12.0. The summed E-state index contributed by atoms with van der Waals surface area (Å²) in [6.45, 7) is 3.55. The molecule has 2 heterocycles. The topological polar surface area (TPSA) is 84.1 Å². The van der Waals surface area contributed by atoms with E-state index in [0.717, 1.165) is 25.9 Å². The largest absolute Gasteiger partial charge is 0.384 e. The van der Waals surface area contributed by atoms with Crippen LogP contribution in [-0.2, 0) is 4.79 Å². The number of anilines is 2. The van der Waals surface area contributed by atoms with Gasteiger partial charge in [0.15, 0.2) is 0 Å². The molecule has 0 bridgehead atoms. The molecule has 1 fully saturated rings. The van der Waals surface area contributed by atoms with Crippen LogP contribution in [0.1, 0.15) is 19.8 Å². The number of nitrogens with zero attached hydrogens (tertiary/aromatic N) is 3. The van der Waals surface area contributed by atoms with Crippen LogP contribution >= 0.6 is 0 Å². The van der Waals surface area contributed by atoms with Crippen LogP contribution in [0.25, 0.3) is 0 Å². The van der Waals surface area contributed by atoms with E-state index in [1.54, 1.807) is 6.07 Å².